The molecule has 0 spiro atoms. The van der Waals surface area contributed by atoms with Crippen molar-refractivity contribution in [1.82, 2.24) is 0 Å². The maximum Gasteiger partial charge on any atom is 0.351 e. The average Bonchev–Trinajstić information content (AvgIpc) is 2.71. The van der Waals surface area contributed by atoms with Gasteiger partial charge in [0.25, 0.3) is 0 Å². The molecule has 29 heavy (non-hydrogen) atoms. The third-order valence-electron chi connectivity index (χ3n) is 4.84. The molecule has 0 radical (unpaired) electrons. The first kappa shape index (κ1) is 22.9. The van der Waals surface area contributed by atoms with E-state index in [0.29, 0.717) is 25.8 Å². The van der Waals surface area contributed by atoms with Crippen LogP contribution in [0.3, 0.4) is 0 Å². The molecular formula is C21H30N4O4. The largest absolute Gasteiger partial charge is 0.458 e. The number of nitrogens with two attached hydrogens (primary N) is 4. The first-order chi connectivity index (χ1) is 13.7. The Labute approximate surface area is 170 Å². The van der Waals surface area contributed by atoms with Crippen LogP contribution in [0, 0.1) is 0 Å². The number of hydrogen-bond donors (Lipinski definition) is 5. The summed E-state index contributed by atoms with van der Waals surface area (Å²) in [6.45, 7) is 0.375. The number of carbonyl (C=O) groups excluding carboxylic acids is 2. The lowest BCUT2D eigenvalue weighted by atomic mass is 9.80. The van der Waals surface area contributed by atoms with Crippen molar-refractivity contribution < 1.29 is 19.4 Å². The molecule has 8 heteroatoms. The highest BCUT2D eigenvalue weighted by Gasteiger charge is 2.50. The minimum absolute atomic E-state index is 0.0568. The van der Waals surface area contributed by atoms with Gasteiger partial charge in [0, 0.05) is 6.42 Å². The van der Waals surface area contributed by atoms with E-state index in [0.717, 1.165) is 5.56 Å². The number of esters is 1. The van der Waals surface area contributed by atoms with E-state index < -0.39 is 29.1 Å². The third-order valence-corrected chi connectivity index (χ3v) is 4.84. The molecule has 8 nitrogen and oxygen atoms in total. The van der Waals surface area contributed by atoms with Crippen molar-refractivity contribution in [2.75, 3.05) is 6.54 Å². The van der Waals surface area contributed by atoms with Crippen molar-refractivity contribution in [1.29, 1.82) is 0 Å². The Hall–Kier alpha value is -2.36. The van der Waals surface area contributed by atoms with Crippen LogP contribution in [0.25, 0.3) is 0 Å². The molecule has 0 saturated carbocycles. The second-order valence-electron chi connectivity index (χ2n) is 7.34. The van der Waals surface area contributed by atoms with Crippen LogP contribution in [-0.4, -0.2) is 40.7 Å². The van der Waals surface area contributed by atoms with E-state index in [-0.39, 0.29) is 18.6 Å². The summed E-state index contributed by atoms with van der Waals surface area (Å²) in [4.78, 5) is 25.9. The normalized spacial score (nSPS) is 18.4. The van der Waals surface area contributed by atoms with E-state index in [1.807, 2.05) is 6.07 Å². The van der Waals surface area contributed by atoms with Gasteiger partial charge >= 0.3 is 5.97 Å². The van der Waals surface area contributed by atoms with E-state index in [1.54, 1.807) is 24.3 Å². The smallest absolute Gasteiger partial charge is 0.351 e. The summed E-state index contributed by atoms with van der Waals surface area (Å²) in [7, 11) is 0. The molecule has 158 valence electrons. The monoisotopic (exact) mass is 402 g/mol. The second-order valence-corrected chi connectivity index (χ2v) is 7.34. The number of hydrogen-bond acceptors (Lipinski definition) is 8. The van der Waals surface area contributed by atoms with Gasteiger partial charge in [-0.25, -0.2) is 4.79 Å². The van der Waals surface area contributed by atoms with Crippen molar-refractivity contribution in [3.05, 3.63) is 59.7 Å². The molecular weight excluding hydrogens is 372 g/mol. The van der Waals surface area contributed by atoms with Crippen LogP contribution in [0.15, 0.2) is 54.1 Å². The van der Waals surface area contributed by atoms with Gasteiger partial charge in [0.15, 0.2) is 5.78 Å². The first-order valence-corrected chi connectivity index (χ1v) is 9.62. The van der Waals surface area contributed by atoms with Gasteiger partial charge in [-0.05, 0) is 36.6 Å². The van der Waals surface area contributed by atoms with Crippen LogP contribution in [-0.2, 0) is 20.9 Å². The predicted molar refractivity (Wildman–Crippen MR) is 110 cm³/mol. The summed E-state index contributed by atoms with van der Waals surface area (Å²) in [5.74, 6) is -1.91. The van der Waals surface area contributed by atoms with E-state index >= 15 is 0 Å². The fourth-order valence-corrected chi connectivity index (χ4v) is 3.03. The predicted octanol–water partition coefficient (Wildman–Crippen LogP) is -0.0137. The zero-order valence-electron chi connectivity index (χ0n) is 16.4. The van der Waals surface area contributed by atoms with Crippen LogP contribution in [0.2, 0.25) is 0 Å². The Bertz CT molecular complexity index is 776. The van der Waals surface area contributed by atoms with Crippen LogP contribution in [0.1, 0.15) is 31.2 Å². The van der Waals surface area contributed by atoms with E-state index in [4.69, 9.17) is 27.7 Å². The molecule has 2 atom stereocenters. The lowest BCUT2D eigenvalue weighted by Crippen LogP contribution is -2.56. The van der Waals surface area contributed by atoms with Crippen LogP contribution in [0.4, 0.5) is 0 Å². The minimum atomic E-state index is -2.54. The molecule has 9 N–H and O–H groups in total. The molecule has 1 unspecified atom stereocenters. The summed E-state index contributed by atoms with van der Waals surface area (Å²) >= 11 is 0. The first-order valence-electron chi connectivity index (χ1n) is 9.62. The molecule has 0 bridgehead atoms. The molecule has 0 aliphatic heterocycles. The highest BCUT2D eigenvalue weighted by Crippen LogP contribution is 2.29. The van der Waals surface area contributed by atoms with Gasteiger partial charge in [0.2, 0.25) is 5.60 Å². The van der Waals surface area contributed by atoms with Crippen molar-refractivity contribution >= 4 is 11.8 Å². The third kappa shape index (κ3) is 5.81. The number of Topliss-reactive ketones (excluding diaryl/α,β-unsaturated/α-hetero) is 1. The zero-order valence-corrected chi connectivity index (χ0v) is 16.4. The minimum Gasteiger partial charge on any atom is -0.458 e. The van der Waals surface area contributed by atoms with Crippen LogP contribution >= 0.6 is 0 Å². The number of benzene rings is 1. The summed E-state index contributed by atoms with van der Waals surface area (Å²) in [6, 6.07) is 7.90. The summed E-state index contributed by atoms with van der Waals surface area (Å²) in [5.41, 5.74) is 20.3. The van der Waals surface area contributed by atoms with Gasteiger partial charge in [-0.1, -0.05) is 48.9 Å². The average molecular weight is 402 g/mol. The lowest BCUT2D eigenvalue weighted by molar-refractivity contribution is -0.168. The van der Waals surface area contributed by atoms with Gasteiger partial charge in [-0.3, -0.25) is 4.79 Å². The number of aliphatic hydroxyl groups is 1. The fourth-order valence-electron chi connectivity index (χ4n) is 3.03. The van der Waals surface area contributed by atoms with Crippen LogP contribution < -0.4 is 22.9 Å². The van der Waals surface area contributed by atoms with Gasteiger partial charge in [0.05, 0.1) is 11.7 Å². The Morgan fingerprint density at radius 2 is 1.90 bits per heavy atom. The van der Waals surface area contributed by atoms with Gasteiger partial charge in [-0.15, -0.1) is 0 Å². The molecule has 1 aromatic rings. The number of unbranched alkanes of at least 4 members (excludes halogenated alkanes) is 1. The lowest BCUT2D eigenvalue weighted by Gasteiger charge is -2.32. The van der Waals surface area contributed by atoms with E-state index in [1.165, 1.54) is 18.2 Å². The summed E-state index contributed by atoms with van der Waals surface area (Å²) in [5, 5.41) is 11.2. The summed E-state index contributed by atoms with van der Waals surface area (Å²) in [6.07, 6.45) is 5.99. The highest BCUT2D eigenvalue weighted by atomic mass is 16.6. The Morgan fingerprint density at radius 1 is 1.21 bits per heavy atom. The maximum absolute atomic E-state index is 13.0. The molecule has 1 aliphatic rings. The molecule has 0 aromatic heterocycles. The molecule has 1 aromatic carbocycles. The molecule has 0 fully saturated rings. The Balaban J connectivity index is 2.24. The molecule has 0 heterocycles. The highest BCUT2D eigenvalue weighted by molar-refractivity contribution is 6.13. The van der Waals surface area contributed by atoms with Crippen molar-refractivity contribution in [3.63, 3.8) is 0 Å². The van der Waals surface area contributed by atoms with Crippen molar-refractivity contribution in [3.8, 4) is 0 Å². The van der Waals surface area contributed by atoms with Gasteiger partial charge in [-0.2, -0.15) is 0 Å². The van der Waals surface area contributed by atoms with Gasteiger partial charge in [0.1, 0.15) is 6.61 Å². The fraction of sp³-hybridized carbons (Fsp3) is 0.429. The molecule has 1 aliphatic carbocycles. The number of carbonyl (C=O) groups is 2. The SMILES string of the molecule is NCCCC[C@H](N)C(=O)C(O)(C(=O)OCc1ccccc1)C1=CCC(N)(N)C=C1. The van der Waals surface area contributed by atoms with E-state index in [9.17, 15) is 14.7 Å². The standard InChI is InChI=1S/C21H30N4O4/c22-13-5-4-8-17(23)18(26)21(28,16-9-11-20(24,25)12-10-16)19(27)29-14-15-6-2-1-3-7-15/h1-3,6-7,9-11,17,28H,4-5,8,12-14,22-25H2/t17-,21?/m0/s1. The Morgan fingerprint density at radius 3 is 2.48 bits per heavy atom. The van der Waals surface area contributed by atoms with Gasteiger partial charge < -0.3 is 32.8 Å². The second kappa shape index (κ2) is 9.91. The molecule has 0 saturated heterocycles. The molecule has 0 amide bonds. The van der Waals surface area contributed by atoms with E-state index in [2.05, 4.69) is 0 Å². The number of rotatable bonds is 10. The Kier molecular flexibility index (Phi) is 7.83. The zero-order chi connectivity index (χ0) is 21.5. The molecule has 2 rings (SSSR count). The van der Waals surface area contributed by atoms with Crippen molar-refractivity contribution in [2.24, 2.45) is 22.9 Å². The number of ketones is 1. The topological polar surface area (TPSA) is 168 Å². The maximum atomic E-state index is 13.0. The number of ether oxygens (including phenoxy) is 1. The van der Waals surface area contributed by atoms with Crippen molar-refractivity contribution in [2.45, 2.75) is 49.6 Å². The quantitative estimate of drug-likeness (QED) is 0.157. The summed E-state index contributed by atoms with van der Waals surface area (Å²) < 4.78 is 5.27. The van der Waals surface area contributed by atoms with Crippen LogP contribution in [0.5, 0.6) is 0 Å².